The number of thiazole rings is 1. The van der Waals surface area contributed by atoms with Crippen LogP contribution in [0.4, 0.5) is 0 Å². The van der Waals surface area contributed by atoms with Crippen molar-refractivity contribution in [3.63, 3.8) is 0 Å². The molecule has 1 rings (SSSR count). The molecule has 1 heterocycles. The predicted molar refractivity (Wildman–Crippen MR) is 71.8 cm³/mol. The first-order valence-electron chi connectivity index (χ1n) is 5.89. The van der Waals surface area contributed by atoms with Gasteiger partial charge in [-0.25, -0.2) is 4.98 Å². The Morgan fingerprint density at radius 2 is 2.12 bits per heavy atom. The minimum absolute atomic E-state index is 0.0991. The fourth-order valence-corrected chi connectivity index (χ4v) is 2.29. The van der Waals surface area contributed by atoms with Crippen LogP contribution in [0.3, 0.4) is 0 Å². The second-order valence-corrected chi connectivity index (χ2v) is 6.53. The smallest absolute Gasteiger partial charge is 0.112 e. The maximum absolute atomic E-state index is 8.63. The number of aromatic nitrogens is 1. The van der Waals surface area contributed by atoms with Crippen LogP contribution in [-0.2, 0) is 5.54 Å². The van der Waals surface area contributed by atoms with Crippen molar-refractivity contribution in [1.82, 2.24) is 10.3 Å². The molecule has 0 fully saturated rings. The molecule has 0 bridgehead atoms. The van der Waals surface area contributed by atoms with Crippen molar-refractivity contribution in [1.29, 1.82) is 5.26 Å². The Balaban J connectivity index is 2.53. The molecule has 0 unspecified atom stereocenters. The Kier molecular flexibility index (Phi) is 4.67. The van der Waals surface area contributed by atoms with Crippen LogP contribution in [0.5, 0.6) is 0 Å². The van der Waals surface area contributed by atoms with E-state index in [0.29, 0.717) is 6.42 Å². The van der Waals surface area contributed by atoms with Crippen molar-refractivity contribution < 1.29 is 0 Å². The van der Waals surface area contributed by atoms with Crippen LogP contribution >= 0.6 is 11.3 Å². The molecule has 0 saturated heterocycles. The lowest BCUT2D eigenvalue weighted by molar-refractivity contribution is 0.267. The van der Waals surface area contributed by atoms with E-state index in [1.165, 1.54) is 0 Å². The van der Waals surface area contributed by atoms with Crippen LogP contribution < -0.4 is 5.32 Å². The quantitative estimate of drug-likeness (QED) is 0.844. The fourth-order valence-electron chi connectivity index (χ4n) is 1.55. The minimum Gasteiger partial charge on any atom is -0.305 e. The van der Waals surface area contributed by atoms with E-state index in [0.717, 1.165) is 18.0 Å². The maximum atomic E-state index is 8.63. The van der Waals surface area contributed by atoms with Gasteiger partial charge < -0.3 is 5.32 Å². The predicted octanol–water partition coefficient (Wildman–Crippen LogP) is 3.30. The van der Waals surface area contributed by atoms with Crippen molar-refractivity contribution in [3.05, 3.63) is 16.6 Å². The summed E-state index contributed by atoms with van der Waals surface area (Å²) in [6.07, 6.45) is 3.38. The molecule has 0 amide bonds. The van der Waals surface area contributed by atoms with Gasteiger partial charge >= 0.3 is 0 Å². The molecule has 0 atom stereocenters. The standard InChI is InChI=1S/C13H21N3S/c1-12(2,6-5-7-14)10-16-13(3,4)11-15-8-9-17-11/h8-9,16H,5-6,10H2,1-4H3. The number of nitriles is 1. The SMILES string of the molecule is CC(C)(CCC#N)CNC(C)(C)c1nccs1. The van der Waals surface area contributed by atoms with E-state index >= 15 is 0 Å². The summed E-state index contributed by atoms with van der Waals surface area (Å²) >= 11 is 1.67. The zero-order chi connectivity index (χ0) is 12.9. The van der Waals surface area contributed by atoms with Crippen LogP contribution in [-0.4, -0.2) is 11.5 Å². The van der Waals surface area contributed by atoms with E-state index in [1.54, 1.807) is 11.3 Å². The molecule has 94 valence electrons. The van der Waals surface area contributed by atoms with Gasteiger partial charge in [-0.2, -0.15) is 5.26 Å². The Morgan fingerprint density at radius 1 is 1.41 bits per heavy atom. The monoisotopic (exact) mass is 251 g/mol. The summed E-state index contributed by atoms with van der Waals surface area (Å²) in [6.45, 7) is 9.56. The van der Waals surface area contributed by atoms with Crippen molar-refractivity contribution in [3.8, 4) is 6.07 Å². The van der Waals surface area contributed by atoms with Crippen molar-refractivity contribution in [2.45, 2.75) is 46.1 Å². The average molecular weight is 251 g/mol. The topological polar surface area (TPSA) is 48.7 Å². The number of hydrogen-bond donors (Lipinski definition) is 1. The molecule has 4 heteroatoms. The first-order chi connectivity index (χ1) is 7.87. The molecule has 0 aromatic carbocycles. The number of rotatable bonds is 6. The van der Waals surface area contributed by atoms with Crippen LogP contribution in [0.1, 0.15) is 45.5 Å². The lowest BCUT2D eigenvalue weighted by Gasteiger charge is -2.31. The van der Waals surface area contributed by atoms with Gasteiger partial charge in [0.1, 0.15) is 5.01 Å². The van der Waals surface area contributed by atoms with E-state index < -0.39 is 0 Å². The molecule has 0 aliphatic carbocycles. The lowest BCUT2D eigenvalue weighted by Crippen LogP contribution is -2.42. The van der Waals surface area contributed by atoms with Crippen molar-refractivity contribution >= 4 is 11.3 Å². The third kappa shape index (κ3) is 4.45. The first kappa shape index (κ1) is 14.1. The zero-order valence-corrected chi connectivity index (χ0v) is 11.9. The Labute approximate surface area is 108 Å². The van der Waals surface area contributed by atoms with Crippen LogP contribution in [0.25, 0.3) is 0 Å². The average Bonchev–Trinajstić information content (AvgIpc) is 2.78. The molecule has 0 radical (unpaired) electrons. The summed E-state index contributed by atoms with van der Waals surface area (Å²) in [4.78, 5) is 4.35. The summed E-state index contributed by atoms with van der Waals surface area (Å²) in [6, 6.07) is 2.21. The molecular formula is C13H21N3S. The van der Waals surface area contributed by atoms with E-state index in [2.05, 4.69) is 44.1 Å². The summed E-state index contributed by atoms with van der Waals surface area (Å²) in [7, 11) is 0. The molecule has 1 aromatic heterocycles. The van der Waals surface area contributed by atoms with Gasteiger partial charge in [0.25, 0.3) is 0 Å². The Morgan fingerprint density at radius 3 is 2.65 bits per heavy atom. The molecule has 1 aromatic rings. The molecule has 3 nitrogen and oxygen atoms in total. The van der Waals surface area contributed by atoms with E-state index in [1.807, 2.05) is 11.6 Å². The van der Waals surface area contributed by atoms with Crippen LogP contribution in [0, 0.1) is 16.7 Å². The van der Waals surface area contributed by atoms with Gasteiger partial charge in [-0.15, -0.1) is 11.3 Å². The first-order valence-corrected chi connectivity index (χ1v) is 6.77. The molecular weight excluding hydrogens is 230 g/mol. The van der Waals surface area contributed by atoms with Gasteiger partial charge in [0.15, 0.2) is 0 Å². The van der Waals surface area contributed by atoms with Gasteiger partial charge in [-0.1, -0.05) is 13.8 Å². The largest absolute Gasteiger partial charge is 0.305 e. The highest BCUT2D eigenvalue weighted by Crippen LogP contribution is 2.26. The van der Waals surface area contributed by atoms with Gasteiger partial charge in [0, 0.05) is 24.5 Å². The minimum atomic E-state index is -0.0991. The molecule has 0 saturated carbocycles. The van der Waals surface area contributed by atoms with E-state index in [4.69, 9.17) is 5.26 Å². The number of hydrogen-bond acceptors (Lipinski definition) is 4. The van der Waals surface area contributed by atoms with Crippen molar-refractivity contribution in [2.75, 3.05) is 6.54 Å². The van der Waals surface area contributed by atoms with E-state index in [-0.39, 0.29) is 11.0 Å². The molecule has 0 spiro atoms. The van der Waals surface area contributed by atoms with Gasteiger partial charge in [-0.3, -0.25) is 0 Å². The second kappa shape index (κ2) is 5.61. The van der Waals surface area contributed by atoms with Crippen LogP contribution in [0.15, 0.2) is 11.6 Å². The summed E-state index contributed by atoms with van der Waals surface area (Å²) in [5.74, 6) is 0. The second-order valence-electron chi connectivity index (χ2n) is 5.64. The summed E-state index contributed by atoms with van der Waals surface area (Å²) in [5.41, 5.74) is 0.0440. The van der Waals surface area contributed by atoms with Gasteiger partial charge in [0.2, 0.25) is 0 Å². The third-order valence-electron chi connectivity index (χ3n) is 2.89. The zero-order valence-electron chi connectivity index (χ0n) is 11.1. The molecule has 17 heavy (non-hydrogen) atoms. The van der Waals surface area contributed by atoms with E-state index in [9.17, 15) is 0 Å². The summed E-state index contributed by atoms with van der Waals surface area (Å²) < 4.78 is 0. The summed E-state index contributed by atoms with van der Waals surface area (Å²) in [5, 5.41) is 15.3. The Bertz CT molecular complexity index is 374. The van der Waals surface area contributed by atoms with Crippen LogP contribution in [0.2, 0.25) is 0 Å². The van der Waals surface area contributed by atoms with Gasteiger partial charge in [0.05, 0.1) is 11.6 Å². The van der Waals surface area contributed by atoms with Crippen molar-refractivity contribution in [2.24, 2.45) is 5.41 Å². The highest BCUT2D eigenvalue weighted by molar-refractivity contribution is 7.09. The lowest BCUT2D eigenvalue weighted by atomic mass is 9.87. The highest BCUT2D eigenvalue weighted by atomic mass is 32.1. The molecule has 0 aliphatic rings. The fraction of sp³-hybridized carbons (Fsp3) is 0.692. The maximum Gasteiger partial charge on any atom is 0.112 e. The Hall–Kier alpha value is -0.920. The van der Waals surface area contributed by atoms with Gasteiger partial charge in [-0.05, 0) is 25.7 Å². The number of nitrogens with one attached hydrogen (secondary N) is 1. The third-order valence-corrected chi connectivity index (χ3v) is 3.99. The molecule has 0 aliphatic heterocycles. The highest BCUT2D eigenvalue weighted by Gasteiger charge is 2.26. The number of nitrogens with zero attached hydrogens (tertiary/aromatic N) is 2. The normalized spacial score (nSPS) is 12.4. The molecule has 1 N–H and O–H groups in total.